The van der Waals surface area contributed by atoms with E-state index in [9.17, 15) is 4.79 Å². The SMILES string of the molecule is Cc1cc(-c2cccc(C(=O)NCCCN3CCOCC3)c2)cs1. The summed E-state index contributed by atoms with van der Waals surface area (Å²) in [6.45, 7) is 7.45. The summed E-state index contributed by atoms with van der Waals surface area (Å²) in [6, 6.07) is 10.0. The summed E-state index contributed by atoms with van der Waals surface area (Å²) in [5.41, 5.74) is 3.00. The van der Waals surface area contributed by atoms with Crippen LogP contribution in [0.3, 0.4) is 0 Å². The zero-order valence-electron chi connectivity index (χ0n) is 14.1. The maximum Gasteiger partial charge on any atom is 0.251 e. The number of nitrogens with one attached hydrogen (secondary N) is 1. The molecule has 0 radical (unpaired) electrons. The van der Waals surface area contributed by atoms with E-state index in [-0.39, 0.29) is 5.91 Å². The first kappa shape index (κ1) is 17.1. The van der Waals surface area contributed by atoms with Crippen LogP contribution in [0.15, 0.2) is 35.7 Å². The van der Waals surface area contributed by atoms with E-state index in [1.165, 1.54) is 10.4 Å². The van der Waals surface area contributed by atoms with Crippen LogP contribution in [0.1, 0.15) is 21.7 Å². The highest BCUT2D eigenvalue weighted by molar-refractivity contribution is 7.10. The minimum Gasteiger partial charge on any atom is -0.379 e. The van der Waals surface area contributed by atoms with Crippen LogP contribution in [0.4, 0.5) is 0 Å². The van der Waals surface area contributed by atoms with Crippen LogP contribution in [0.2, 0.25) is 0 Å². The lowest BCUT2D eigenvalue weighted by molar-refractivity contribution is 0.0374. The molecule has 0 bridgehead atoms. The van der Waals surface area contributed by atoms with Gasteiger partial charge in [-0.05, 0) is 54.6 Å². The molecular formula is C19H24N2O2S. The maximum absolute atomic E-state index is 12.3. The van der Waals surface area contributed by atoms with Gasteiger partial charge in [-0.15, -0.1) is 11.3 Å². The predicted octanol–water partition coefficient (Wildman–Crippen LogP) is 3.18. The zero-order chi connectivity index (χ0) is 16.8. The van der Waals surface area contributed by atoms with Gasteiger partial charge >= 0.3 is 0 Å². The molecule has 1 amide bonds. The number of hydrogen-bond acceptors (Lipinski definition) is 4. The Kier molecular flexibility index (Phi) is 6.01. The van der Waals surface area contributed by atoms with Crippen LogP contribution < -0.4 is 5.32 Å². The van der Waals surface area contributed by atoms with Gasteiger partial charge in [-0.1, -0.05) is 12.1 Å². The molecule has 0 aliphatic carbocycles. The van der Waals surface area contributed by atoms with Crippen LogP contribution >= 0.6 is 11.3 Å². The van der Waals surface area contributed by atoms with Crippen LogP contribution in [-0.4, -0.2) is 50.2 Å². The molecule has 0 unspecified atom stereocenters. The van der Waals surface area contributed by atoms with Gasteiger partial charge in [0.2, 0.25) is 0 Å². The number of benzene rings is 1. The average molecular weight is 344 g/mol. The number of rotatable bonds is 6. The quantitative estimate of drug-likeness (QED) is 0.819. The van der Waals surface area contributed by atoms with E-state index in [4.69, 9.17) is 4.74 Å². The van der Waals surface area contributed by atoms with E-state index in [2.05, 4.69) is 34.7 Å². The Bertz CT molecular complexity index is 678. The summed E-state index contributed by atoms with van der Waals surface area (Å²) in [7, 11) is 0. The lowest BCUT2D eigenvalue weighted by Crippen LogP contribution is -2.38. The lowest BCUT2D eigenvalue weighted by Gasteiger charge is -2.26. The number of carbonyl (C=O) groups is 1. The monoisotopic (exact) mass is 344 g/mol. The number of carbonyl (C=O) groups excluding carboxylic acids is 1. The van der Waals surface area contributed by atoms with Crippen molar-refractivity contribution in [2.75, 3.05) is 39.4 Å². The zero-order valence-corrected chi connectivity index (χ0v) is 14.9. The van der Waals surface area contributed by atoms with Crippen molar-refractivity contribution in [2.45, 2.75) is 13.3 Å². The molecule has 0 spiro atoms. The third-order valence-electron chi connectivity index (χ3n) is 4.23. The molecule has 1 aliphatic heterocycles. The first-order valence-electron chi connectivity index (χ1n) is 8.46. The topological polar surface area (TPSA) is 41.6 Å². The first-order valence-corrected chi connectivity index (χ1v) is 9.34. The second-order valence-corrected chi connectivity index (χ2v) is 7.21. The second kappa shape index (κ2) is 8.42. The Labute approximate surface area is 147 Å². The van der Waals surface area contributed by atoms with Crippen LogP contribution in [0.25, 0.3) is 11.1 Å². The Morgan fingerprint density at radius 3 is 2.83 bits per heavy atom. The van der Waals surface area contributed by atoms with Gasteiger partial charge in [0.05, 0.1) is 13.2 Å². The minimum absolute atomic E-state index is 0.00535. The smallest absolute Gasteiger partial charge is 0.251 e. The molecule has 1 saturated heterocycles. The summed E-state index contributed by atoms with van der Waals surface area (Å²) in [5.74, 6) is 0.00535. The van der Waals surface area contributed by atoms with Gasteiger partial charge in [-0.25, -0.2) is 0 Å². The molecule has 5 heteroatoms. The molecule has 0 atom stereocenters. The van der Waals surface area contributed by atoms with Crippen molar-refractivity contribution in [1.29, 1.82) is 0 Å². The Hall–Kier alpha value is -1.69. The van der Waals surface area contributed by atoms with E-state index in [0.717, 1.165) is 50.4 Å². The molecule has 1 aromatic heterocycles. The molecule has 128 valence electrons. The van der Waals surface area contributed by atoms with Gasteiger partial charge in [-0.2, -0.15) is 0 Å². The normalized spacial score (nSPS) is 15.4. The fourth-order valence-electron chi connectivity index (χ4n) is 2.87. The number of nitrogens with zero attached hydrogens (tertiary/aromatic N) is 1. The van der Waals surface area contributed by atoms with Gasteiger partial charge in [0.1, 0.15) is 0 Å². The summed E-state index contributed by atoms with van der Waals surface area (Å²) in [4.78, 5) is 16.0. The Morgan fingerprint density at radius 2 is 2.08 bits per heavy atom. The summed E-state index contributed by atoms with van der Waals surface area (Å²) in [6.07, 6.45) is 0.967. The van der Waals surface area contributed by atoms with Crippen LogP contribution in [-0.2, 0) is 4.74 Å². The van der Waals surface area contributed by atoms with Crippen LogP contribution in [0, 0.1) is 6.92 Å². The highest BCUT2D eigenvalue weighted by Crippen LogP contribution is 2.25. The van der Waals surface area contributed by atoms with Gasteiger partial charge < -0.3 is 10.1 Å². The van der Waals surface area contributed by atoms with E-state index >= 15 is 0 Å². The van der Waals surface area contributed by atoms with Gasteiger partial charge in [0.25, 0.3) is 5.91 Å². The highest BCUT2D eigenvalue weighted by atomic mass is 32.1. The molecule has 0 saturated carbocycles. The Balaban J connectivity index is 1.49. The minimum atomic E-state index is 0.00535. The number of hydrogen-bond donors (Lipinski definition) is 1. The fourth-order valence-corrected chi connectivity index (χ4v) is 3.58. The van der Waals surface area contributed by atoms with E-state index in [1.54, 1.807) is 11.3 Å². The highest BCUT2D eigenvalue weighted by Gasteiger charge is 2.10. The van der Waals surface area contributed by atoms with Gasteiger partial charge in [-0.3, -0.25) is 9.69 Å². The van der Waals surface area contributed by atoms with Crippen molar-refractivity contribution in [2.24, 2.45) is 0 Å². The summed E-state index contributed by atoms with van der Waals surface area (Å²) < 4.78 is 5.34. The standard InChI is InChI=1S/C19H24N2O2S/c1-15-12-18(14-24-15)16-4-2-5-17(13-16)19(22)20-6-3-7-21-8-10-23-11-9-21/h2,4-5,12-14H,3,6-11H2,1H3,(H,20,22). The van der Waals surface area contributed by atoms with Gasteiger partial charge in [0, 0.05) is 30.1 Å². The van der Waals surface area contributed by atoms with Crippen molar-refractivity contribution in [3.63, 3.8) is 0 Å². The molecule has 1 N–H and O–H groups in total. The third kappa shape index (κ3) is 4.66. The number of thiophene rings is 1. The second-order valence-electron chi connectivity index (χ2n) is 6.09. The van der Waals surface area contributed by atoms with Crippen LogP contribution in [0.5, 0.6) is 0 Å². The van der Waals surface area contributed by atoms with Crippen molar-refractivity contribution in [1.82, 2.24) is 10.2 Å². The molecule has 2 heterocycles. The molecule has 2 aromatic rings. The number of ether oxygens (including phenoxy) is 1. The summed E-state index contributed by atoms with van der Waals surface area (Å²) in [5, 5.41) is 5.16. The molecule has 4 nitrogen and oxygen atoms in total. The number of amides is 1. The number of aryl methyl sites for hydroxylation is 1. The molecule has 3 rings (SSSR count). The predicted molar refractivity (Wildman–Crippen MR) is 98.7 cm³/mol. The molecule has 1 fully saturated rings. The molecule has 1 aromatic carbocycles. The van der Waals surface area contributed by atoms with Crippen molar-refractivity contribution < 1.29 is 9.53 Å². The lowest BCUT2D eigenvalue weighted by atomic mass is 10.1. The van der Waals surface area contributed by atoms with E-state index in [0.29, 0.717) is 6.54 Å². The molecule has 1 aliphatic rings. The third-order valence-corrected chi connectivity index (χ3v) is 5.09. The van der Waals surface area contributed by atoms with Gasteiger partial charge in [0.15, 0.2) is 0 Å². The molecular weight excluding hydrogens is 320 g/mol. The molecule has 24 heavy (non-hydrogen) atoms. The number of morpholine rings is 1. The average Bonchev–Trinajstić information content (AvgIpc) is 3.06. The fraction of sp³-hybridized carbons (Fsp3) is 0.421. The van der Waals surface area contributed by atoms with E-state index < -0.39 is 0 Å². The first-order chi connectivity index (χ1) is 11.7. The largest absolute Gasteiger partial charge is 0.379 e. The maximum atomic E-state index is 12.3. The van der Waals surface area contributed by atoms with Crippen molar-refractivity contribution >= 4 is 17.2 Å². The van der Waals surface area contributed by atoms with E-state index in [1.807, 2.05) is 18.2 Å². The summed E-state index contributed by atoms with van der Waals surface area (Å²) >= 11 is 1.73. The Morgan fingerprint density at radius 1 is 1.25 bits per heavy atom. The van der Waals surface area contributed by atoms with Crippen molar-refractivity contribution in [3.8, 4) is 11.1 Å². The van der Waals surface area contributed by atoms with Crippen molar-refractivity contribution in [3.05, 3.63) is 46.2 Å².